The number of aryl methyl sites for hydroxylation is 2. The van der Waals surface area contributed by atoms with E-state index in [9.17, 15) is 19.2 Å². The number of likely N-dealkylation sites (tertiary alicyclic amines) is 1. The molecule has 368 valence electrons. The van der Waals surface area contributed by atoms with Crippen molar-refractivity contribution in [2.24, 2.45) is 14.1 Å². The summed E-state index contributed by atoms with van der Waals surface area (Å²) in [5.41, 5.74) is 5.37. The van der Waals surface area contributed by atoms with Gasteiger partial charge in [-0.15, -0.1) is 0 Å². The monoisotopic (exact) mass is 949 g/mol. The van der Waals surface area contributed by atoms with Gasteiger partial charge >= 0.3 is 0 Å². The van der Waals surface area contributed by atoms with Gasteiger partial charge in [-0.1, -0.05) is 68.4 Å². The molecule has 1 saturated heterocycles. The molecular formula is C54H68N12O4. The number of pyridine rings is 2. The Labute approximate surface area is 411 Å². The van der Waals surface area contributed by atoms with Crippen molar-refractivity contribution in [2.75, 3.05) is 59.0 Å². The van der Waals surface area contributed by atoms with Gasteiger partial charge in [0.25, 0.3) is 22.9 Å². The molecule has 1 fully saturated rings. The second kappa shape index (κ2) is 23.8. The van der Waals surface area contributed by atoms with E-state index in [1.54, 1.807) is 55.7 Å². The quantitative estimate of drug-likeness (QED) is 0.111. The number of fused-ring (bicyclic) bond motifs is 2. The Kier molecular flexibility index (Phi) is 17.7. The Balaban J connectivity index is 0.000000223. The molecule has 0 spiro atoms. The molecule has 2 unspecified atom stereocenters. The van der Waals surface area contributed by atoms with Crippen molar-refractivity contribution in [1.82, 2.24) is 49.1 Å². The van der Waals surface area contributed by atoms with E-state index in [2.05, 4.69) is 54.4 Å². The number of rotatable bonds is 14. The van der Waals surface area contributed by atoms with E-state index in [4.69, 9.17) is 0 Å². The topological polar surface area (TPSA) is 167 Å². The molecule has 7 aromatic rings. The average Bonchev–Trinajstić information content (AvgIpc) is 3.91. The summed E-state index contributed by atoms with van der Waals surface area (Å²) in [4.78, 5) is 67.2. The summed E-state index contributed by atoms with van der Waals surface area (Å²) in [6.45, 7) is 10.4. The van der Waals surface area contributed by atoms with Gasteiger partial charge in [0.15, 0.2) is 11.6 Å². The van der Waals surface area contributed by atoms with E-state index < -0.39 is 0 Å². The zero-order valence-electron chi connectivity index (χ0n) is 42.4. The highest BCUT2D eigenvalue weighted by atomic mass is 16.2. The maximum absolute atomic E-state index is 13.0. The van der Waals surface area contributed by atoms with Crippen LogP contribution >= 0.6 is 0 Å². The largest absolute Gasteiger partial charge is 0.362 e. The Hall–Kier alpha value is -7.30. The van der Waals surface area contributed by atoms with E-state index in [-0.39, 0.29) is 47.1 Å². The Morgan fingerprint density at radius 3 is 1.46 bits per heavy atom. The van der Waals surface area contributed by atoms with Crippen molar-refractivity contribution in [2.45, 2.75) is 71.2 Å². The summed E-state index contributed by atoms with van der Waals surface area (Å²) in [6.07, 6.45) is 5.49. The predicted molar refractivity (Wildman–Crippen MR) is 280 cm³/mol. The fourth-order valence-electron chi connectivity index (χ4n) is 9.12. The van der Waals surface area contributed by atoms with Gasteiger partial charge in [0, 0.05) is 76.4 Å². The number of carbonyl (C=O) groups excluding carboxylic acids is 2. The molecule has 16 heteroatoms. The smallest absolute Gasteiger partial charge is 0.276 e. The summed E-state index contributed by atoms with van der Waals surface area (Å²) in [5, 5.41) is 16.8. The second-order valence-corrected chi connectivity index (χ2v) is 17.9. The number of aromatic nitrogens is 6. The van der Waals surface area contributed by atoms with Crippen LogP contribution in [0, 0.1) is 0 Å². The van der Waals surface area contributed by atoms with Crippen molar-refractivity contribution < 1.29 is 9.59 Å². The molecule has 3 aromatic carbocycles. The summed E-state index contributed by atoms with van der Waals surface area (Å²) in [5.74, 6) is 1.21. The van der Waals surface area contributed by atoms with Gasteiger partial charge in [-0.2, -0.15) is 10.2 Å². The molecular weight excluding hydrogens is 881 g/mol. The van der Waals surface area contributed by atoms with Gasteiger partial charge in [0.1, 0.15) is 11.0 Å². The van der Waals surface area contributed by atoms with Crippen LogP contribution < -0.4 is 21.8 Å². The number of anilines is 2. The second-order valence-electron chi connectivity index (χ2n) is 17.9. The predicted octanol–water partition coefficient (Wildman–Crippen LogP) is 7.40. The molecule has 0 saturated carbocycles. The van der Waals surface area contributed by atoms with Gasteiger partial charge in [0.2, 0.25) is 0 Å². The minimum absolute atomic E-state index is 0.0173. The molecule has 1 aliphatic rings. The first-order valence-electron chi connectivity index (χ1n) is 23.9. The van der Waals surface area contributed by atoms with Gasteiger partial charge < -0.3 is 30.2 Å². The molecule has 0 aliphatic carbocycles. The molecule has 1 aliphatic heterocycles. The number of carbonyl (C=O) groups is 2. The number of amides is 2. The Morgan fingerprint density at radius 1 is 0.600 bits per heavy atom. The molecule has 2 amide bonds. The van der Waals surface area contributed by atoms with Crippen LogP contribution in [0.25, 0.3) is 21.8 Å². The van der Waals surface area contributed by atoms with Crippen LogP contribution in [-0.2, 0) is 20.6 Å². The third kappa shape index (κ3) is 12.1. The van der Waals surface area contributed by atoms with Crippen LogP contribution in [0.3, 0.4) is 0 Å². The van der Waals surface area contributed by atoms with Crippen LogP contribution in [0.4, 0.5) is 11.6 Å². The minimum Gasteiger partial charge on any atom is -0.362 e. The zero-order valence-corrected chi connectivity index (χ0v) is 42.4. The standard InChI is InChI=1S/C28H32N6O2.C24H30N6O2.C2H6/c1-19(30-26-24-23(12-9-17-29-24)28(36)34(5)31-26)25(32(2)3)21-13-15-22(16-14-21)27(35)33(4)18-20-10-7-6-8-11-20;1-16(26-22-20-19(8-7-13-25-20)24(32)29(4)27-22)21(28(2)3)17-9-11-18(12-10-17)23(31)30-14-5-6-15-30;1-2/h6-17,19,25H,18H2,1-5H3,(H,30,31);7-13,16,21H,5-6,14-15H2,1-4H3,(H,26,27);1-2H3/t19-,25?;16-,21?;/m00./s1. The van der Waals surface area contributed by atoms with E-state index in [1.165, 1.54) is 9.36 Å². The van der Waals surface area contributed by atoms with E-state index in [0.29, 0.717) is 45.5 Å². The first-order valence-corrected chi connectivity index (χ1v) is 23.9. The van der Waals surface area contributed by atoms with Gasteiger partial charge in [-0.25, -0.2) is 9.36 Å². The summed E-state index contributed by atoms with van der Waals surface area (Å²) < 4.78 is 2.67. The van der Waals surface area contributed by atoms with E-state index in [0.717, 1.165) is 48.2 Å². The lowest BCUT2D eigenvalue weighted by molar-refractivity contribution is 0.0780. The molecule has 4 atom stereocenters. The average molecular weight is 949 g/mol. The van der Waals surface area contributed by atoms with Crippen molar-refractivity contribution in [3.63, 3.8) is 0 Å². The van der Waals surface area contributed by atoms with E-state index in [1.807, 2.05) is 133 Å². The minimum atomic E-state index is -0.182. The fourth-order valence-corrected chi connectivity index (χ4v) is 9.12. The molecule has 8 rings (SSSR count). The highest BCUT2D eigenvalue weighted by molar-refractivity contribution is 5.95. The van der Waals surface area contributed by atoms with Crippen LogP contribution in [-0.4, -0.2) is 121 Å². The lowest BCUT2D eigenvalue weighted by Crippen LogP contribution is -2.35. The molecule has 5 heterocycles. The van der Waals surface area contributed by atoms with Gasteiger partial charge in [-0.3, -0.25) is 29.1 Å². The first kappa shape index (κ1) is 52.1. The molecule has 16 nitrogen and oxygen atoms in total. The molecule has 0 bridgehead atoms. The third-order valence-corrected chi connectivity index (χ3v) is 12.4. The molecule has 4 aromatic heterocycles. The number of hydrogen-bond donors (Lipinski definition) is 2. The number of nitrogens with zero attached hydrogens (tertiary/aromatic N) is 10. The highest BCUT2D eigenvalue weighted by Crippen LogP contribution is 2.29. The SMILES string of the molecule is CC.C[C@H](Nc1nn(C)c(=O)c2cccnc12)C(c1ccc(C(=O)N(C)Cc2ccccc2)cc1)N(C)C.C[C@H](Nc1nn(C)c(=O)c2cccnc12)C(c1ccc(C(=O)N2CCCC2)cc1)N(C)C. The maximum atomic E-state index is 13.0. The highest BCUT2D eigenvalue weighted by Gasteiger charge is 2.27. The van der Waals surface area contributed by atoms with Gasteiger partial charge in [0.05, 0.1) is 22.9 Å². The van der Waals surface area contributed by atoms with Crippen LogP contribution in [0.15, 0.2) is 125 Å². The number of benzene rings is 3. The fraction of sp³-hybridized carbons (Fsp3) is 0.370. The molecule has 70 heavy (non-hydrogen) atoms. The Bertz CT molecular complexity index is 2970. The third-order valence-electron chi connectivity index (χ3n) is 12.4. The van der Waals surface area contributed by atoms with E-state index >= 15 is 0 Å². The Morgan fingerprint density at radius 2 is 1.03 bits per heavy atom. The van der Waals surface area contributed by atoms with Crippen molar-refractivity contribution in [3.8, 4) is 0 Å². The van der Waals surface area contributed by atoms with Crippen LogP contribution in [0.5, 0.6) is 0 Å². The summed E-state index contributed by atoms with van der Waals surface area (Å²) >= 11 is 0. The maximum Gasteiger partial charge on any atom is 0.276 e. The molecule has 2 N–H and O–H groups in total. The van der Waals surface area contributed by atoms with Crippen molar-refractivity contribution in [3.05, 3.63) is 164 Å². The lowest BCUT2D eigenvalue weighted by atomic mass is 9.97. The normalized spacial score (nSPS) is 14.0. The lowest BCUT2D eigenvalue weighted by Gasteiger charge is -2.31. The summed E-state index contributed by atoms with van der Waals surface area (Å²) in [6, 6.07) is 32.5. The molecule has 0 radical (unpaired) electrons. The van der Waals surface area contributed by atoms with Gasteiger partial charge in [-0.05, 0) is 120 Å². The number of hydrogen-bond acceptors (Lipinski definition) is 12. The summed E-state index contributed by atoms with van der Waals surface area (Å²) in [7, 11) is 13.2. The zero-order chi connectivity index (χ0) is 50.6. The first-order chi connectivity index (χ1) is 33.6. The van der Waals surface area contributed by atoms with Crippen LogP contribution in [0.1, 0.15) is 90.0 Å². The number of nitrogens with one attached hydrogen (secondary N) is 2. The van der Waals surface area contributed by atoms with Crippen molar-refractivity contribution in [1.29, 1.82) is 0 Å². The van der Waals surface area contributed by atoms with Crippen molar-refractivity contribution >= 4 is 45.3 Å². The van der Waals surface area contributed by atoms with Crippen LogP contribution in [0.2, 0.25) is 0 Å². The number of likely N-dealkylation sites (N-methyl/N-ethyl adjacent to an activating group) is 2.